The van der Waals surface area contributed by atoms with Crippen LogP contribution in [0.4, 0.5) is 5.82 Å². The van der Waals surface area contributed by atoms with Crippen molar-refractivity contribution in [1.29, 1.82) is 0 Å². The van der Waals surface area contributed by atoms with Crippen molar-refractivity contribution in [2.75, 3.05) is 5.32 Å². The van der Waals surface area contributed by atoms with E-state index in [0.717, 1.165) is 29.1 Å². The van der Waals surface area contributed by atoms with Gasteiger partial charge in [-0.25, -0.2) is 0 Å². The van der Waals surface area contributed by atoms with Gasteiger partial charge in [-0.3, -0.25) is 9.78 Å². The van der Waals surface area contributed by atoms with Gasteiger partial charge in [0.15, 0.2) is 5.43 Å². The fourth-order valence-electron chi connectivity index (χ4n) is 4.00. The van der Waals surface area contributed by atoms with Crippen LogP contribution in [0.25, 0.3) is 10.9 Å². The highest BCUT2D eigenvalue weighted by Crippen LogP contribution is 2.56. The van der Waals surface area contributed by atoms with Crippen LogP contribution in [0.3, 0.4) is 0 Å². The Morgan fingerprint density at radius 2 is 2.21 bits per heavy atom. The van der Waals surface area contributed by atoms with Gasteiger partial charge in [0, 0.05) is 31.0 Å². The molecule has 144 valence electrons. The van der Waals surface area contributed by atoms with Crippen LogP contribution in [0.5, 0.6) is 0 Å². The molecule has 0 radical (unpaired) electrons. The van der Waals surface area contributed by atoms with Gasteiger partial charge < -0.3 is 9.88 Å². The molecule has 0 aromatic carbocycles. The highest BCUT2D eigenvalue weighted by Gasteiger charge is 2.54. The first-order valence-electron chi connectivity index (χ1n) is 9.64. The second-order valence-electron chi connectivity index (χ2n) is 7.74. The minimum absolute atomic E-state index is 0. The molecule has 2 aliphatic rings. The summed E-state index contributed by atoms with van der Waals surface area (Å²) in [5.41, 5.74) is 2.50. The van der Waals surface area contributed by atoms with Crippen molar-refractivity contribution in [3.63, 3.8) is 0 Å². The maximum Gasteiger partial charge on any atom is 0.193 e. The fourth-order valence-corrected chi connectivity index (χ4v) is 4.00. The van der Waals surface area contributed by atoms with E-state index in [1.807, 2.05) is 6.08 Å². The first-order valence-corrected chi connectivity index (χ1v) is 9.64. The lowest BCUT2D eigenvalue weighted by molar-refractivity contribution is 0.584. The van der Waals surface area contributed by atoms with Crippen LogP contribution < -0.4 is 10.7 Å². The molecule has 2 aliphatic carbocycles. The number of pyridine rings is 2. The molecular weight excluding hydrogens is 346 g/mol. The Hall–Kier alpha value is -3.14. The van der Waals surface area contributed by atoms with Gasteiger partial charge in [0.1, 0.15) is 5.82 Å². The molecule has 1 fully saturated rings. The van der Waals surface area contributed by atoms with E-state index in [0.29, 0.717) is 11.3 Å². The van der Waals surface area contributed by atoms with E-state index in [9.17, 15) is 4.79 Å². The predicted octanol–water partition coefficient (Wildman–Crippen LogP) is 5.27. The van der Waals surface area contributed by atoms with E-state index < -0.39 is 0 Å². The Balaban J connectivity index is 0.00000240. The van der Waals surface area contributed by atoms with Gasteiger partial charge in [-0.1, -0.05) is 57.4 Å². The summed E-state index contributed by atoms with van der Waals surface area (Å²) in [5, 5.41) is 4.03. The minimum atomic E-state index is -0.154. The summed E-state index contributed by atoms with van der Waals surface area (Å²) in [6, 6.07) is 3.73. The number of nitrogens with zero attached hydrogens (tertiary/aromatic N) is 2. The van der Waals surface area contributed by atoms with E-state index in [-0.39, 0.29) is 18.3 Å². The molecule has 0 amide bonds. The Kier molecular flexibility index (Phi) is 4.42. The van der Waals surface area contributed by atoms with Crippen LogP contribution in [0, 0.1) is 5.92 Å². The van der Waals surface area contributed by atoms with Crippen LogP contribution in [0.15, 0.2) is 84.5 Å². The summed E-state index contributed by atoms with van der Waals surface area (Å²) < 4.78 is 2.27. The van der Waals surface area contributed by atoms with Crippen LogP contribution in [0.1, 0.15) is 33.3 Å². The zero-order valence-electron chi connectivity index (χ0n) is 16.4. The normalized spacial score (nSPS) is 23.0. The lowest BCUT2D eigenvalue weighted by Crippen LogP contribution is -2.25. The van der Waals surface area contributed by atoms with Crippen molar-refractivity contribution in [2.24, 2.45) is 5.92 Å². The predicted molar refractivity (Wildman–Crippen MR) is 119 cm³/mol. The molecule has 2 heterocycles. The molecule has 0 aliphatic heterocycles. The van der Waals surface area contributed by atoms with Crippen molar-refractivity contribution in [1.82, 2.24) is 9.55 Å². The SMILES string of the molecule is C=C/C=C(\C=C)Nc1cc(=O)c2cnc(C(C)C)cc2n1C12C=CC=CC1C2.[HH]. The highest BCUT2D eigenvalue weighted by molar-refractivity contribution is 5.82. The number of hydrogen-bond donors (Lipinski definition) is 1. The second-order valence-corrected chi connectivity index (χ2v) is 7.74. The summed E-state index contributed by atoms with van der Waals surface area (Å²) in [6.45, 7) is 11.9. The molecule has 0 spiro atoms. The molecule has 1 saturated carbocycles. The molecular formula is C24H27N3O. The lowest BCUT2D eigenvalue weighted by atomic mass is 10.0. The topological polar surface area (TPSA) is 46.9 Å². The van der Waals surface area contributed by atoms with E-state index in [1.165, 1.54) is 0 Å². The Morgan fingerprint density at radius 1 is 1.39 bits per heavy atom. The van der Waals surface area contributed by atoms with Crippen LogP contribution in [-0.2, 0) is 5.54 Å². The molecule has 28 heavy (non-hydrogen) atoms. The monoisotopic (exact) mass is 373 g/mol. The Labute approximate surface area is 166 Å². The van der Waals surface area contributed by atoms with Gasteiger partial charge in [0.25, 0.3) is 0 Å². The van der Waals surface area contributed by atoms with Gasteiger partial charge in [-0.15, -0.1) is 0 Å². The van der Waals surface area contributed by atoms with Gasteiger partial charge in [0.2, 0.25) is 0 Å². The number of aromatic nitrogens is 2. The quantitative estimate of drug-likeness (QED) is 0.701. The van der Waals surface area contributed by atoms with E-state index >= 15 is 0 Å². The summed E-state index contributed by atoms with van der Waals surface area (Å²) in [4.78, 5) is 17.4. The average molecular weight is 374 g/mol. The number of nitrogens with one attached hydrogen (secondary N) is 1. The van der Waals surface area contributed by atoms with Crippen molar-refractivity contribution >= 4 is 16.7 Å². The van der Waals surface area contributed by atoms with Crippen molar-refractivity contribution < 1.29 is 1.43 Å². The molecule has 0 saturated heterocycles. The zero-order chi connectivity index (χ0) is 19.9. The summed E-state index contributed by atoms with van der Waals surface area (Å²) in [5.74, 6) is 1.46. The average Bonchev–Trinajstić information content (AvgIpc) is 3.42. The molecule has 4 nitrogen and oxygen atoms in total. The Morgan fingerprint density at radius 3 is 2.89 bits per heavy atom. The van der Waals surface area contributed by atoms with Gasteiger partial charge in [-0.05, 0) is 30.6 Å². The molecule has 4 rings (SSSR count). The number of allylic oxidation sites excluding steroid dienone is 7. The highest BCUT2D eigenvalue weighted by atomic mass is 16.1. The van der Waals surface area contributed by atoms with Crippen molar-refractivity contribution in [2.45, 2.75) is 31.7 Å². The van der Waals surface area contributed by atoms with Crippen LogP contribution in [-0.4, -0.2) is 9.55 Å². The third-order valence-corrected chi connectivity index (χ3v) is 5.58. The maximum atomic E-state index is 12.9. The molecule has 4 heteroatoms. The van der Waals surface area contributed by atoms with Gasteiger partial charge in [0.05, 0.1) is 16.4 Å². The molecule has 1 N–H and O–H groups in total. The number of hydrogen-bond acceptors (Lipinski definition) is 3. The van der Waals surface area contributed by atoms with Crippen LogP contribution >= 0.6 is 0 Å². The molecule has 2 aromatic rings. The third kappa shape index (κ3) is 2.85. The number of fused-ring (bicyclic) bond motifs is 2. The smallest absolute Gasteiger partial charge is 0.193 e. The van der Waals surface area contributed by atoms with E-state index in [1.54, 1.807) is 24.4 Å². The maximum absolute atomic E-state index is 12.9. The first kappa shape index (κ1) is 18.2. The largest absolute Gasteiger partial charge is 0.342 e. The standard InChI is InChI=1S/C24H25N3O.H2/c1-5-9-18(6-2)26-23-13-22(28)19-15-25-20(16(3)4)12-21(19)27(23)24-11-8-7-10-17(24)14-24;/h5-13,15-17,26H,1-2,14H2,3-4H3;1H/b18-9+;. The second kappa shape index (κ2) is 6.79. The van der Waals surface area contributed by atoms with Gasteiger partial charge in [-0.2, -0.15) is 0 Å². The minimum Gasteiger partial charge on any atom is -0.342 e. The van der Waals surface area contributed by atoms with Crippen molar-refractivity contribution in [3.8, 4) is 0 Å². The number of rotatable bonds is 6. The summed E-state index contributed by atoms with van der Waals surface area (Å²) >= 11 is 0. The molecule has 2 unspecified atom stereocenters. The number of anilines is 1. The van der Waals surface area contributed by atoms with Gasteiger partial charge >= 0.3 is 0 Å². The summed E-state index contributed by atoms with van der Waals surface area (Å²) in [6.07, 6.45) is 16.7. The zero-order valence-corrected chi connectivity index (χ0v) is 16.4. The first-order chi connectivity index (χ1) is 13.5. The molecule has 2 aromatic heterocycles. The molecule has 0 bridgehead atoms. The summed E-state index contributed by atoms with van der Waals surface area (Å²) in [7, 11) is 0. The fraction of sp³-hybridized carbons (Fsp3) is 0.250. The lowest BCUT2D eigenvalue weighted by Gasteiger charge is -2.26. The molecule has 2 atom stereocenters. The van der Waals surface area contributed by atoms with Crippen molar-refractivity contribution in [3.05, 3.63) is 95.6 Å². The Bertz CT molecular complexity index is 1120. The van der Waals surface area contributed by atoms with E-state index in [4.69, 9.17) is 0 Å². The third-order valence-electron chi connectivity index (χ3n) is 5.58. The van der Waals surface area contributed by atoms with E-state index in [2.05, 4.69) is 72.2 Å². The van der Waals surface area contributed by atoms with Crippen LogP contribution in [0.2, 0.25) is 0 Å².